The van der Waals surface area contributed by atoms with Gasteiger partial charge in [-0.1, -0.05) is 65.8 Å². The van der Waals surface area contributed by atoms with Gasteiger partial charge in [-0.25, -0.2) is 4.98 Å². The second-order valence-corrected chi connectivity index (χ2v) is 9.77. The van der Waals surface area contributed by atoms with Crippen molar-refractivity contribution in [3.8, 4) is 34.2 Å². The van der Waals surface area contributed by atoms with Crippen molar-refractivity contribution in [2.75, 3.05) is 5.73 Å². The van der Waals surface area contributed by atoms with Gasteiger partial charge in [0.1, 0.15) is 5.76 Å². The third kappa shape index (κ3) is 4.39. The number of rotatable bonds is 7. The van der Waals surface area contributed by atoms with Crippen LogP contribution in [-0.4, -0.2) is 19.7 Å². The predicted molar refractivity (Wildman–Crippen MR) is 147 cm³/mol. The molecule has 2 aromatic carbocycles. The van der Waals surface area contributed by atoms with Gasteiger partial charge in [0.15, 0.2) is 10.9 Å². The molecule has 0 fully saturated rings. The Bertz CT molecular complexity index is 1680. The van der Waals surface area contributed by atoms with Gasteiger partial charge in [-0.05, 0) is 42.8 Å². The average molecular weight is 528 g/mol. The van der Waals surface area contributed by atoms with E-state index in [1.54, 1.807) is 18.0 Å². The molecule has 6 rings (SSSR count). The molecule has 0 aliphatic carbocycles. The van der Waals surface area contributed by atoms with Crippen molar-refractivity contribution < 1.29 is 8.83 Å². The van der Waals surface area contributed by atoms with E-state index in [4.69, 9.17) is 31.2 Å². The summed E-state index contributed by atoms with van der Waals surface area (Å²) >= 11 is 7.61. The number of benzene rings is 2. The molecule has 0 radical (unpaired) electrons. The number of hydrogen-bond acceptors (Lipinski definition) is 7. The molecule has 0 saturated heterocycles. The quantitative estimate of drug-likeness (QED) is 0.214. The Morgan fingerprint density at radius 2 is 1.81 bits per heavy atom. The zero-order valence-corrected chi connectivity index (χ0v) is 21.5. The summed E-state index contributed by atoms with van der Waals surface area (Å²) in [5.74, 6) is 2.41. The van der Waals surface area contributed by atoms with Gasteiger partial charge >= 0.3 is 0 Å². The Hall–Kier alpha value is -4.01. The Balaban J connectivity index is 1.44. The maximum atomic E-state index is 6.70. The fourth-order valence-corrected chi connectivity index (χ4v) is 5.33. The molecular weight excluding hydrogens is 506 g/mol. The van der Waals surface area contributed by atoms with E-state index in [1.807, 2.05) is 84.3 Å². The molecule has 6 aromatic rings. The van der Waals surface area contributed by atoms with E-state index in [0.717, 1.165) is 33.3 Å². The number of aromatic nitrogens is 4. The highest BCUT2D eigenvalue weighted by Gasteiger charge is 2.25. The van der Waals surface area contributed by atoms with Crippen LogP contribution in [0.4, 0.5) is 5.69 Å². The first-order valence-corrected chi connectivity index (χ1v) is 13.1. The summed E-state index contributed by atoms with van der Waals surface area (Å²) < 4.78 is 14.0. The fourth-order valence-electron chi connectivity index (χ4n) is 4.25. The van der Waals surface area contributed by atoms with Crippen LogP contribution in [0.2, 0.25) is 5.02 Å². The molecule has 0 aliphatic heterocycles. The van der Waals surface area contributed by atoms with Crippen molar-refractivity contribution >= 4 is 40.1 Å². The van der Waals surface area contributed by atoms with Crippen molar-refractivity contribution in [1.82, 2.24) is 19.7 Å². The van der Waals surface area contributed by atoms with E-state index >= 15 is 0 Å². The summed E-state index contributed by atoms with van der Waals surface area (Å²) in [6, 6.07) is 23.4. The van der Waals surface area contributed by atoms with Crippen LogP contribution in [0, 0.1) is 0 Å². The van der Waals surface area contributed by atoms with Crippen molar-refractivity contribution in [3.05, 3.63) is 89.6 Å². The molecule has 184 valence electrons. The van der Waals surface area contributed by atoms with Crippen LogP contribution in [0.1, 0.15) is 12.5 Å². The third-order valence-electron chi connectivity index (χ3n) is 6.07. The molecule has 0 spiro atoms. The molecule has 0 atom stereocenters. The molecule has 0 aliphatic rings. The highest BCUT2D eigenvalue weighted by molar-refractivity contribution is 7.98. The summed E-state index contributed by atoms with van der Waals surface area (Å²) in [6.45, 7) is 2.69. The van der Waals surface area contributed by atoms with Gasteiger partial charge in [-0.3, -0.25) is 4.57 Å². The fraction of sp³-hybridized carbons (Fsp3) is 0.107. The van der Waals surface area contributed by atoms with Crippen molar-refractivity contribution in [1.29, 1.82) is 0 Å². The minimum atomic E-state index is 0.418. The number of hydrogen-bond donors (Lipinski definition) is 1. The minimum Gasteiger partial charge on any atom is -0.464 e. The van der Waals surface area contributed by atoms with Crippen molar-refractivity contribution in [2.45, 2.75) is 24.4 Å². The molecule has 0 saturated carbocycles. The Morgan fingerprint density at radius 3 is 2.54 bits per heavy atom. The second-order valence-electron chi connectivity index (χ2n) is 8.39. The lowest BCUT2D eigenvalue weighted by atomic mass is 10.0. The van der Waals surface area contributed by atoms with Gasteiger partial charge in [0, 0.05) is 28.4 Å². The molecule has 4 heterocycles. The number of furan rings is 2. The van der Waals surface area contributed by atoms with E-state index in [2.05, 4.69) is 10.2 Å². The molecule has 9 heteroatoms. The van der Waals surface area contributed by atoms with E-state index in [9.17, 15) is 0 Å². The molecule has 7 nitrogen and oxygen atoms in total. The Kier molecular flexibility index (Phi) is 6.20. The summed E-state index contributed by atoms with van der Waals surface area (Å²) in [4.78, 5) is 4.81. The highest BCUT2D eigenvalue weighted by atomic mass is 35.5. The SMILES string of the molecule is CCn1c(SCc2ccc(Cl)cc2)nnc1-c1oc2nc(-c3ccccc3)cc(-c3ccco3)c2c1N. The van der Waals surface area contributed by atoms with Crippen molar-refractivity contribution in [2.24, 2.45) is 0 Å². The first-order chi connectivity index (χ1) is 18.1. The molecule has 0 bridgehead atoms. The molecule has 0 unspecified atom stereocenters. The van der Waals surface area contributed by atoms with Crippen LogP contribution in [0.15, 0.2) is 93.1 Å². The lowest BCUT2D eigenvalue weighted by Crippen LogP contribution is -2.00. The largest absolute Gasteiger partial charge is 0.464 e. The maximum Gasteiger partial charge on any atom is 0.230 e. The number of nitrogen functional groups attached to an aromatic ring is 1. The van der Waals surface area contributed by atoms with Crippen LogP contribution >= 0.6 is 23.4 Å². The van der Waals surface area contributed by atoms with Crippen LogP contribution < -0.4 is 5.73 Å². The van der Waals surface area contributed by atoms with Crippen LogP contribution in [0.3, 0.4) is 0 Å². The smallest absolute Gasteiger partial charge is 0.230 e. The van der Waals surface area contributed by atoms with E-state index < -0.39 is 0 Å². The van der Waals surface area contributed by atoms with Gasteiger partial charge in [0.25, 0.3) is 0 Å². The lowest BCUT2D eigenvalue weighted by molar-refractivity contribution is 0.582. The van der Waals surface area contributed by atoms with E-state index in [-0.39, 0.29) is 0 Å². The monoisotopic (exact) mass is 527 g/mol. The van der Waals surface area contributed by atoms with Gasteiger partial charge in [0.05, 0.1) is 23.0 Å². The van der Waals surface area contributed by atoms with E-state index in [1.165, 1.54) is 0 Å². The van der Waals surface area contributed by atoms with Crippen LogP contribution in [0.25, 0.3) is 45.3 Å². The lowest BCUT2D eigenvalue weighted by Gasteiger charge is -2.06. The maximum absolute atomic E-state index is 6.70. The summed E-state index contributed by atoms with van der Waals surface area (Å²) in [7, 11) is 0. The molecule has 4 aromatic heterocycles. The number of nitrogens with two attached hydrogens (primary N) is 1. The van der Waals surface area contributed by atoms with Gasteiger partial charge in [0.2, 0.25) is 11.5 Å². The number of anilines is 1. The molecule has 0 amide bonds. The average Bonchev–Trinajstić information content (AvgIpc) is 3.67. The Morgan fingerprint density at radius 1 is 1.00 bits per heavy atom. The summed E-state index contributed by atoms with van der Waals surface area (Å²) in [6.07, 6.45) is 1.64. The minimum absolute atomic E-state index is 0.418. The van der Waals surface area contributed by atoms with E-state index in [0.29, 0.717) is 45.7 Å². The number of fused-ring (bicyclic) bond motifs is 1. The second kappa shape index (κ2) is 9.80. The standard InChI is InChI=1S/C28H22ClN5O2S/c1-2-34-26(32-33-28(34)37-16-17-10-12-19(29)13-11-17)25-24(30)23-20(22-9-6-14-35-22)15-21(31-27(23)36-25)18-7-4-3-5-8-18/h3-15H,2,16,30H2,1H3. The first-order valence-electron chi connectivity index (χ1n) is 11.8. The Labute approximate surface area is 222 Å². The normalized spacial score (nSPS) is 11.4. The molecule has 2 N–H and O–H groups in total. The number of thioether (sulfide) groups is 1. The van der Waals surface area contributed by atoms with Gasteiger partial charge < -0.3 is 14.6 Å². The predicted octanol–water partition coefficient (Wildman–Crippen LogP) is 7.56. The van der Waals surface area contributed by atoms with Crippen LogP contribution in [0.5, 0.6) is 0 Å². The number of nitrogens with zero attached hydrogens (tertiary/aromatic N) is 4. The van der Waals surface area contributed by atoms with Gasteiger partial charge in [-0.15, -0.1) is 10.2 Å². The zero-order chi connectivity index (χ0) is 25.4. The summed E-state index contributed by atoms with van der Waals surface area (Å²) in [5, 5.41) is 11.1. The van der Waals surface area contributed by atoms with Crippen molar-refractivity contribution in [3.63, 3.8) is 0 Å². The topological polar surface area (TPSA) is 95.9 Å². The third-order valence-corrected chi connectivity index (χ3v) is 7.36. The zero-order valence-electron chi connectivity index (χ0n) is 19.9. The van der Waals surface area contributed by atoms with Gasteiger partial charge in [-0.2, -0.15) is 0 Å². The summed E-state index contributed by atoms with van der Waals surface area (Å²) in [5.41, 5.74) is 11.2. The number of halogens is 1. The molecular formula is C28H22ClN5O2S. The first kappa shape index (κ1) is 23.4. The number of pyridine rings is 1. The molecule has 37 heavy (non-hydrogen) atoms. The van der Waals surface area contributed by atoms with Crippen LogP contribution in [-0.2, 0) is 12.3 Å². The highest BCUT2D eigenvalue weighted by Crippen LogP contribution is 2.42.